The van der Waals surface area contributed by atoms with Crippen molar-refractivity contribution in [2.24, 2.45) is 0 Å². The Bertz CT molecular complexity index is 2010. The number of halogens is 1. The molecular weight excluding hydrogens is 621 g/mol. The number of imide groups is 1. The van der Waals surface area contributed by atoms with Crippen LogP contribution < -0.4 is 20.4 Å². The van der Waals surface area contributed by atoms with Crippen LogP contribution in [0.5, 0.6) is 0 Å². The van der Waals surface area contributed by atoms with E-state index in [0.29, 0.717) is 12.8 Å². The molecule has 49 heavy (non-hydrogen) atoms. The van der Waals surface area contributed by atoms with E-state index in [1.54, 1.807) is 12.1 Å². The molecule has 250 valence electrons. The van der Waals surface area contributed by atoms with Gasteiger partial charge in [-0.3, -0.25) is 19.8 Å². The van der Waals surface area contributed by atoms with E-state index in [9.17, 15) is 14.0 Å². The summed E-state index contributed by atoms with van der Waals surface area (Å²) in [5.74, 6) is 1.06. The number of pyridine rings is 1. The summed E-state index contributed by atoms with van der Waals surface area (Å²) >= 11 is 0. The zero-order valence-corrected chi connectivity index (χ0v) is 27.1. The van der Waals surface area contributed by atoms with E-state index in [2.05, 4.69) is 48.5 Å². The number of carbonyl (C=O) groups is 2. The molecule has 3 aliphatic heterocycles. The van der Waals surface area contributed by atoms with Crippen LogP contribution in [0.15, 0.2) is 85.1 Å². The molecular formula is C37H38FN9O2. The number of benzene rings is 2. The predicted octanol–water partition coefficient (Wildman–Crippen LogP) is 4.81. The molecule has 2 N–H and O–H groups in total. The van der Waals surface area contributed by atoms with Crippen molar-refractivity contribution < 1.29 is 14.0 Å². The number of hydrogen-bond donors (Lipinski definition) is 2. The molecule has 3 aromatic heterocycles. The number of aromatic nitrogens is 4. The third-order valence-corrected chi connectivity index (χ3v) is 9.74. The highest BCUT2D eigenvalue weighted by atomic mass is 19.1. The molecule has 3 fully saturated rings. The molecule has 0 saturated carbocycles. The number of piperidine rings is 1. The average molecular weight is 660 g/mol. The minimum absolute atomic E-state index is 0.0752. The van der Waals surface area contributed by atoms with Gasteiger partial charge in [-0.05, 0) is 78.9 Å². The van der Waals surface area contributed by atoms with Crippen LogP contribution in [0, 0.1) is 5.82 Å². The van der Waals surface area contributed by atoms with Crippen molar-refractivity contribution in [1.82, 2.24) is 29.8 Å². The van der Waals surface area contributed by atoms with Gasteiger partial charge in [0, 0.05) is 51.4 Å². The molecule has 0 aliphatic carbocycles. The number of hydrogen-bond acceptors (Lipinski definition) is 9. The number of imidazole rings is 1. The first kappa shape index (κ1) is 30.9. The first-order chi connectivity index (χ1) is 24.0. The molecule has 3 aliphatic rings. The minimum Gasteiger partial charge on any atom is -0.374 e. The molecule has 1 unspecified atom stereocenters. The zero-order valence-electron chi connectivity index (χ0n) is 27.1. The summed E-state index contributed by atoms with van der Waals surface area (Å²) in [6.07, 6.45) is 4.64. The van der Waals surface area contributed by atoms with E-state index in [-0.39, 0.29) is 23.7 Å². The number of nitrogens with zero attached hydrogens (tertiary/aromatic N) is 7. The van der Waals surface area contributed by atoms with Gasteiger partial charge in [0.2, 0.25) is 11.8 Å². The number of rotatable bonds is 8. The molecule has 0 radical (unpaired) electrons. The van der Waals surface area contributed by atoms with Gasteiger partial charge in [-0.15, -0.1) is 5.10 Å². The maximum absolute atomic E-state index is 14.1. The van der Waals surface area contributed by atoms with Gasteiger partial charge in [0.05, 0.1) is 17.9 Å². The van der Waals surface area contributed by atoms with Gasteiger partial charge in [0.15, 0.2) is 5.65 Å². The molecule has 2 amide bonds. The molecule has 5 aromatic rings. The lowest BCUT2D eigenvalue weighted by atomic mass is 10.0. The van der Waals surface area contributed by atoms with E-state index < -0.39 is 6.04 Å². The van der Waals surface area contributed by atoms with Crippen LogP contribution in [-0.2, 0) is 16.1 Å². The van der Waals surface area contributed by atoms with Crippen LogP contribution in [0.1, 0.15) is 42.9 Å². The number of piperazine rings is 1. The third-order valence-electron chi connectivity index (χ3n) is 9.74. The Hall–Kier alpha value is -5.36. The first-order valence-corrected chi connectivity index (χ1v) is 17.0. The van der Waals surface area contributed by atoms with Crippen molar-refractivity contribution in [2.45, 2.75) is 44.3 Å². The molecule has 12 heteroatoms. The fraction of sp³-hybridized carbons (Fsp3) is 0.324. The quantitative estimate of drug-likeness (QED) is 0.227. The van der Waals surface area contributed by atoms with Gasteiger partial charge in [-0.2, -0.15) is 0 Å². The van der Waals surface area contributed by atoms with Crippen molar-refractivity contribution in [3.8, 4) is 11.4 Å². The number of anilines is 3. The lowest BCUT2D eigenvalue weighted by Crippen LogP contribution is -2.47. The molecule has 2 aromatic carbocycles. The van der Waals surface area contributed by atoms with Gasteiger partial charge in [-0.25, -0.2) is 18.9 Å². The number of nitrogens with one attached hydrogen (secondary N) is 2. The number of amides is 2. The minimum atomic E-state index is -0.401. The smallest absolute Gasteiger partial charge is 0.249 e. The Labute approximate surface area is 283 Å². The standard InChI is InChI=1S/C37H38FN9O2/c38-27-7-2-6-26(22-27)31-10-4-16-46(31)35-14-13-33-39-23-32(47(33)43-35)29-9-3-11-34(41-29)45-19-17-44(18-20-45)24-25-5-1-8-28(21-25)40-30-12-15-36(48)42-37(30)49/h1-3,5-9,11,13-14,21-23,30-31,40H,4,10,12,15-20,24H2,(H,42,48,49)/t30?,31-/m1/s1. The van der Waals surface area contributed by atoms with E-state index in [1.165, 1.54) is 11.6 Å². The summed E-state index contributed by atoms with van der Waals surface area (Å²) in [5.41, 5.74) is 5.40. The van der Waals surface area contributed by atoms with Gasteiger partial charge < -0.3 is 15.1 Å². The fourth-order valence-electron chi connectivity index (χ4n) is 7.22. The van der Waals surface area contributed by atoms with Crippen molar-refractivity contribution in [3.63, 3.8) is 0 Å². The maximum atomic E-state index is 14.1. The van der Waals surface area contributed by atoms with E-state index in [0.717, 1.165) is 92.0 Å². The first-order valence-electron chi connectivity index (χ1n) is 17.0. The summed E-state index contributed by atoms with van der Waals surface area (Å²) in [5, 5.41) is 10.7. The Balaban J connectivity index is 0.933. The third kappa shape index (κ3) is 6.56. The maximum Gasteiger partial charge on any atom is 0.249 e. The summed E-state index contributed by atoms with van der Waals surface area (Å²) < 4.78 is 15.9. The zero-order chi connectivity index (χ0) is 33.3. The lowest BCUT2D eigenvalue weighted by Gasteiger charge is -2.35. The second-order valence-corrected chi connectivity index (χ2v) is 13.0. The van der Waals surface area contributed by atoms with Crippen molar-refractivity contribution in [3.05, 3.63) is 102 Å². The molecule has 11 nitrogen and oxygen atoms in total. The molecule has 6 heterocycles. The molecule has 0 spiro atoms. The molecule has 2 atom stereocenters. The predicted molar refractivity (Wildman–Crippen MR) is 186 cm³/mol. The van der Waals surface area contributed by atoms with Crippen LogP contribution in [-0.4, -0.2) is 75.1 Å². The SMILES string of the molecule is O=C1CCC(Nc2cccc(CN3CCN(c4cccc(-c5cnc6ccc(N7CCC[C@@H]7c7cccc(F)c7)nn56)n4)CC3)c2)C(=O)N1. The van der Waals surface area contributed by atoms with Crippen molar-refractivity contribution in [1.29, 1.82) is 0 Å². The van der Waals surface area contributed by atoms with Gasteiger partial charge in [0.25, 0.3) is 0 Å². The molecule has 8 rings (SSSR count). The van der Waals surface area contributed by atoms with Crippen LogP contribution in [0.2, 0.25) is 0 Å². The fourth-order valence-corrected chi connectivity index (χ4v) is 7.22. The molecule has 0 bridgehead atoms. The number of carbonyl (C=O) groups excluding carboxylic acids is 2. The van der Waals surface area contributed by atoms with Crippen LogP contribution in [0.3, 0.4) is 0 Å². The summed E-state index contributed by atoms with van der Waals surface area (Å²) in [7, 11) is 0. The Morgan fingerprint density at radius 2 is 1.73 bits per heavy atom. The van der Waals surface area contributed by atoms with Gasteiger partial charge in [0.1, 0.15) is 29.2 Å². The van der Waals surface area contributed by atoms with Crippen LogP contribution in [0.25, 0.3) is 17.0 Å². The van der Waals surface area contributed by atoms with Gasteiger partial charge >= 0.3 is 0 Å². The highest BCUT2D eigenvalue weighted by molar-refractivity contribution is 6.01. The lowest BCUT2D eigenvalue weighted by molar-refractivity contribution is -0.133. The summed E-state index contributed by atoms with van der Waals surface area (Å²) in [4.78, 5) is 40.4. The highest BCUT2D eigenvalue weighted by Gasteiger charge is 2.29. The highest BCUT2D eigenvalue weighted by Crippen LogP contribution is 2.36. The average Bonchev–Trinajstić information content (AvgIpc) is 3.78. The Morgan fingerprint density at radius 1 is 0.878 bits per heavy atom. The summed E-state index contributed by atoms with van der Waals surface area (Å²) in [6, 6.07) is 24.8. The van der Waals surface area contributed by atoms with Crippen LogP contribution >= 0.6 is 0 Å². The monoisotopic (exact) mass is 659 g/mol. The second kappa shape index (κ2) is 13.3. The van der Waals surface area contributed by atoms with E-state index >= 15 is 0 Å². The Morgan fingerprint density at radius 3 is 2.59 bits per heavy atom. The van der Waals surface area contributed by atoms with Gasteiger partial charge in [-0.1, -0.05) is 30.3 Å². The van der Waals surface area contributed by atoms with Crippen LogP contribution in [0.4, 0.5) is 21.7 Å². The largest absolute Gasteiger partial charge is 0.374 e. The number of fused-ring (bicyclic) bond motifs is 1. The van der Waals surface area contributed by atoms with E-state index in [1.807, 2.05) is 53.2 Å². The topological polar surface area (TPSA) is 111 Å². The normalized spacial score (nSPS) is 20.2. The second-order valence-electron chi connectivity index (χ2n) is 13.0. The van der Waals surface area contributed by atoms with Crippen molar-refractivity contribution >= 4 is 34.8 Å². The molecule has 3 saturated heterocycles. The van der Waals surface area contributed by atoms with Crippen molar-refractivity contribution in [2.75, 3.05) is 47.8 Å². The summed E-state index contributed by atoms with van der Waals surface area (Å²) in [6.45, 7) is 5.12. The Kier molecular flexibility index (Phi) is 8.38. The van der Waals surface area contributed by atoms with E-state index in [4.69, 9.17) is 10.1 Å².